The molecule has 0 aliphatic carbocycles. The van der Waals surface area contributed by atoms with Gasteiger partial charge in [-0.25, -0.2) is 0 Å². The van der Waals surface area contributed by atoms with Gasteiger partial charge in [0.1, 0.15) is 12.4 Å². The molecular formula is C15H16N2O2. The van der Waals surface area contributed by atoms with E-state index in [2.05, 4.69) is 11.8 Å². The van der Waals surface area contributed by atoms with E-state index in [0.717, 1.165) is 0 Å². The Morgan fingerprint density at radius 2 is 1.79 bits per heavy atom. The van der Waals surface area contributed by atoms with Crippen molar-refractivity contribution in [3.05, 3.63) is 29.8 Å². The standard InChI is InChI=1S/C15H16N2O2/c1-3-9-17(10-4-2)11-12-19-14-7-5-13(6-8-14)15(16)18/h1-2,5-8H,9-12H2,(H2,16,18). The second-order valence-corrected chi connectivity index (χ2v) is 3.86. The SMILES string of the molecule is C#CCN(CC#C)CCOc1ccc(C(N)=O)cc1. The summed E-state index contributed by atoms with van der Waals surface area (Å²) in [6, 6.07) is 6.65. The zero-order valence-corrected chi connectivity index (χ0v) is 10.6. The lowest BCUT2D eigenvalue weighted by atomic mass is 10.2. The molecule has 0 heterocycles. The third kappa shape index (κ3) is 5.16. The number of carbonyl (C=O) groups excluding carboxylic acids is 1. The highest BCUT2D eigenvalue weighted by molar-refractivity contribution is 5.92. The number of amides is 1. The zero-order valence-electron chi connectivity index (χ0n) is 10.6. The molecule has 0 atom stereocenters. The number of rotatable bonds is 7. The van der Waals surface area contributed by atoms with E-state index < -0.39 is 5.91 Å². The minimum absolute atomic E-state index is 0.452. The van der Waals surface area contributed by atoms with Crippen molar-refractivity contribution in [2.45, 2.75) is 0 Å². The van der Waals surface area contributed by atoms with Gasteiger partial charge in [-0.05, 0) is 24.3 Å². The number of nitrogens with zero attached hydrogens (tertiary/aromatic N) is 1. The molecule has 1 aromatic carbocycles. The smallest absolute Gasteiger partial charge is 0.248 e. The molecule has 19 heavy (non-hydrogen) atoms. The van der Waals surface area contributed by atoms with Gasteiger partial charge in [0.2, 0.25) is 5.91 Å². The summed E-state index contributed by atoms with van der Waals surface area (Å²) in [6.45, 7) is 2.10. The number of carbonyl (C=O) groups is 1. The highest BCUT2D eigenvalue weighted by Gasteiger charge is 2.03. The minimum Gasteiger partial charge on any atom is -0.492 e. The highest BCUT2D eigenvalue weighted by atomic mass is 16.5. The first-order chi connectivity index (χ1) is 9.17. The van der Waals surface area contributed by atoms with E-state index >= 15 is 0 Å². The minimum atomic E-state index is -0.458. The molecule has 0 saturated heterocycles. The Morgan fingerprint density at radius 3 is 2.26 bits per heavy atom. The van der Waals surface area contributed by atoms with Crippen LogP contribution in [0.1, 0.15) is 10.4 Å². The predicted molar refractivity (Wildman–Crippen MR) is 74.6 cm³/mol. The second-order valence-electron chi connectivity index (χ2n) is 3.86. The van der Waals surface area contributed by atoms with Gasteiger partial charge in [-0.2, -0.15) is 0 Å². The summed E-state index contributed by atoms with van der Waals surface area (Å²) in [5, 5.41) is 0. The number of ether oxygens (including phenoxy) is 1. The fourth-order valence-electron chi connectivity index (χ4n) is 1.48. The molecule has 0 unspecified atom stereocenters. The van der Waals surface area contributed by atoms with Crippen molar-refractivity contribution in [3.8, 4) is 30.4 Å². The Bertz CT molecular complexity index is 478. The van der Waals surface area contributed by atoms with Crippen molar-refractivity contribution in [3.63, 3.8) is 0 Å². The van der Waals surface area contributed by atoms with Gasteiger partial charge in [0, 0.05) is 12.1 Å². The van der Waals surface area contributed by atoms with E-state index in [1.165, 1.54) is 0 Å². The first kappa shape index (κ1) is 14.6. The van der Waals surface area contributed by atoms with Gasteiger partial charge >= 0.3 is 0 Å². The third-order valence-corrected chi connectivity index (χ3v) is 2.44. The molecule has 4 nitrogen and oxygen atoms in total. The van der Waals surface area contributed by atoms with Crippen LogP contribution < -0.4 is 10.5 Å². The Labute approximate surface area is 113 Å². The normalized spacial score (nSPS) is 9.63. The van der Waals surface area contributed by atoms with Crippen molar-refractivity contribution in [1.82, 2.24) is 4.90 Å². The molecule has 0 saturated carbocycles. The summed E-state index contributed by atoms with van der Waals surface area (Å²) >= 11 is 0. The lowest BCUT2D eigenvalue weighted by Gasteiger charge is -2.16. The highest BCUT2D eigenvalue weighted by Crippen LogP contribution is 2.11. The first-order valence-electron chi connectivity index (χ1n) is 5.79. The van der Waals surface area contributed by atoms with Crippen LogP contribution in [0.5, 0.6) is 5.75 Å². The monoisotopic (exact) mass is 256 g/mol. The van der Waals surface area contributed by atoms with Gasteiger partial charge in [-0.15, -0.1) is 12.8 Å². The fraction of sp³-hybridized carbons (Fsp3) is 0.267. The molecule has 0 aliphatic heterocycles. The van der Waals surface area contributed by atoms with Gasteiger partial charge in [-0.3, -0.25) is 9.69 Å². The second kappa shape index (κ2) is 7.81. The summed E-state index contributed by atoms with van der Waals surface area (Å²) in [6.07, 6.45) is 10.5. The molecular weight excluding hydrogens is 240 g/mol. The number of hydrogen-bond acceptors (Lipinski definition) is 3. The van der Waals surface area contributed by atoms with Crippen LogP contribution >= 0.6 is 0 Å². The van der Waals surface area contributed by atoms with E-state index in [1.54, 1.807) is 24.3 Å². The first-order valence-corrected chi connectivity index (χ1v) is 5.79. The lowest BCUT2D eigenvalue weighted by molar-refractivity contribution is 0.100. The van der Waals surface area contributed by atoms with Crippen LogP contribution in [0, 0.1) is 24.7 Å². The number of nitrogens with two attached hydrogens (primary N) is 1. The quantitative estimate of drug-likeness (QED) is 0.732. The van der Waals surface area contributed by atoms with E-state index in [-0.39, 0.29) is 0 Å². The number of primary amides is 1. The van der Waals surface area contributed by atoms with E-state index in [1.807, 2.05) is 4.90 Å². The molecule has 98 valence electrons. The van der Waals surface area contributed by atoms with Crippen LogP contribution in [0.4, 0.5) is 0 Å². The average molecular weight is 256 g/mol. The maximum Gasteiger partial charge on any atom is 0.248 e. The van der Waals surface area contributed by atoms with Crippen molar-refractivity contribution in [2.75, 3.05) is 26.2 Å². The number of hydrogen-bond donors (Lipinski definition) is 1. The van der Waals surface area contributed by atoms with Gasteiger partial charge < -0.3 is 10.5 Å². The fourth-order valence-corrected chi connectivity index (χ4v) is 1.48. The van der Waals surface area contributed by atoms with Crippen LogP contribution in [0.25, 0.3) is 0 Å². The van der Waals surface area contributed by atoms with Crippen molar-refractivity contribution < 1.29 is 9.53 Å². The van der Waals surface area contributed by atoms with Crippen LogP contribution in [-0.4, -0.2) is 37.0 Å². The summed E-state index contributed by atoms with van der Waals surface area (Å²) < 4.78 is 5.53. The molecule has 0 fully saturated rings. The van der Waals surface area contributed by atoms with Crippen LogP contribution in [0.3, 0.4) is 0 Å². The molecule has 0 aromatic heterocycles. The summed E-state index contributed by atoms with van der Waals surface area (Å²) in [5.74, 6) is 5.30. The van der Waals surface area contributed by atoms with E-state index in [9.17, 15) is 4.79 Å². The maximum absolute atomic E-state index is 10.9. The molecule has 1 rings (SSSR count). The Kier molecular flexibility index (Phi) is 6.02. The Morgan fingerprint density at radius 1 is 1.21 bits per heavy atom. The largest absolute Gasteiger partial charge is 0.492 e. The Hall–Kier alpha value is -2.43. The van der Waals surface area contributed by atoms with Gasteiger partial charge in [0.15, 0.2) is 0 Å². The maximum atomic E-state index is 10.9. The van der Waals surface area contributed by atoms with Crippen molar-refractivity contribution in [1.29, 1.82) is 0 Å². The van der Waals surface area contributed by atoms with E-state index in [0.29, 0.717) is 37.6 Å². The van der Waals surface area contributed by atoms with Gasteiger partial charge in [-0.1, -0.05) is 11.8 Å². The van der Waals surface area contributed by atoms with Gasteiger partial charge in [0.05, 0.1) is 13.1 Å². The van der Waals surface area contributed by atoms with Crippen molar-refractivity contribution in [2.24, 2.45) is 5.73 Å². The van der Waals surface area contributed by atoms with Crippen LogP contribution in [0.15, 0.2) is 24.3 Å². The molecule has 4 heteroatoms. The van der Waals surface area contributed by atoms with Crippen LogP contribution in [0.2, 0.25) is 0 Å². The van der Waals surface area contributed by atoms with Gasteiger partial charge in [0.25, 0.3) is 0 Å². The molecule has 0 aliphatic rings. The topological polar surface area (TPSA) is 55.6 Å². The lowest BCUT2D eigenvalue weighted by Crippen LogP contribution is -2.29. The molecule has 0 bridgehead atoms. The molecule has 0 spiro atoms. The predicted octanol–water partition coefficient (Wildman–Crippen LogP) is 0.733. The molecule has 1 aromatic rings. The zero-order chi connectivity index (χ0) is 14.1. The Balaban J connectivity index is 2.42. The number of terminal acetylenes is 2. The molecule has 0 radical (unpaired) electrons. The number of benzene rings is 1. The van der Waals surface area contributed by atoms with E-state index in [4.69, 9.17) is 23.3 Å². The molecule has 2 N–H and O–H groups in total. The summed E-state index contributed by atoms with van der Waals surface area (Å²) in [4.78, 5) is 12.8. The molecule has 1 amide bonds. The van der Waals surface area contributed by atoms with Crippen molar-refractivity contribution >= 4 is 5.91 Å². The average Bonchev–Trinajstić information content (AvgIpc) is 2.40. The summed E-state index contributed by atoms with van der Waals surface area (Å²) in [5.41, 5.74) is 5.60. The van der Waals surface area contributed by atoms with Crippen LogP contribution in [-0.2, 0) is 0 Å². The third-order valence-electron chi connectivity index (χ3n) is 2.44. The summed E-state index contributed by atoms with van der Waals surface area (Å²) in [7, 11) is 0.